The fraction of sp³-hybridized carbons (Fsp3) is 0.250. The molecule has 0 aliphatic heterocycles. The molecule has 112 valence electrons. The number of phenols is 2. The van der Waals surface area contributed by atoms with Crippen molar-refractivity contribution >= 4 is 17.3 Å². The molecule has 1 unspecified atom stereocenters. The fourth-order valence-corrected chi connectivity index (χ4v) is 2.28. The molecular formula is C16H18ClNO3. The lowest BCUT2D eigenvalue weighted by Crippen LogP contribution is -2.08. The van der Waals surface area contributed by atoms with Crippen molar-refractivity contribution in [2.45, 2.75) is 19.9 Å². The van der Waals surface area contributed by atoms with Crippen LogP contribution in [0.25, 0.3) is 0 Å². The highest BCUT2D eigenvalue weighted by molar-refractivity contribution is 6.30. The Morgan fingerprint density at radius 1 is 1.19 bits per heavy atom. The molecule has 0 radical (unpaired) electrons. The van der Waals surface area contributed by atoms with Gasteiger partial charge < -0.3 is 20.3 Å². The Morgan fingerprint density at radius 2 is 1.95 bits per heavy atom. The third kappa shape index (κ3) is 3.73. The van der Waals surface area contributed by atoms with E-state index in [1.807, 2.05) is 13.8 Å². The SMILES string of the molecule is CCOc1ccc(Cl)cc1NC(C)c1ccc(O)cc1O. The van der Waals surface area contributed by atoms with Crippen molar-refractivity contribution < 1.29 is 14.9 Å². The van der Waals surface area contributed by atoms with Crippen LogP contribution >= 0.6 is 11.6 Å². The summed E-state index contributed by atoms with van der Waals surface area (Å²) in [5, 5.41) is 23.1. The average Bonchev–Trinajstić information content (AvgIpc) is 2.41. The third-order valence-electron chi connectivity index (χ3n) is 3.09. The summed E-state index contributed by atoms with van der Waals surface area (Å²) in [6, 6.07) is 9.69. The maximum Gasteiger partial charge on any atom is 0.142 e. The highest BCUT2D eigenvalue weighted by atomic mass is 35.5. The molecule has 2 rings (SSSR count). The first-order valence-electron chi connectivity index (χ1n) is 6.72. The summed E-state index contributed by atoms with van der Waals surface area (Å²) >= 11 is 6.02. The van der Waals surface area contributed by atoms with E-state index in [4.69, 9.17) is 16.3 Å². The van der Waals surface area contributed by atoms with E-state index >= 15 is 0 Å². The van der Waals surface area contributed by atoms with Crippen LogP contribution in [0.2, 0.25) is 5.02 Å². The molecule has 0 amide bonds. The molecule has 0 aliphatic rings. The minimum absolute atomic E-state index is 0.0289. The number of halogens is 1. The zero-order valence-electron chi connectivity index (χ0n) is 11.9. The summed E-state index contributed by atoms with van der Waals surface area (Å²) in [5.74, 6) is 0.767. The predicted octanol–water partition coefficient (Wildman–Crippen LogP) is 4.32. The molecule has 21 heavy (non-hydrogen) atoms. The number of aromatic hydroxyl groups is 2. The Morgan fingerprint density at radius 3 is 2.62 bits per heavy atom. The van der Waals surface area contributed by atoms with Crippen molar-refractivity contribution in [3.05, 3.63) is 47.0 Å². The molecule has 5 heteroatoms. The molecule has 0 saturated heterocycles. The van der Waals surface area contributed by atoms with E-state index in [1.165, 1.54) is 12.1 Å². The zero-order valence-corrected chi connectivity index (χ0v) is 12.7. The zero-order chi connectivity index (χ0) is 15.4. The van der Waals surface area contributed by atoms with Crippen LogP contribution in [-0.2, 0) is 0 Å². The van der Waals surface area contributed by atoms with Gasteiger partial charge in [-0.1, -0.05) is 11.6 Å². The van der Waals surface area contributed by atoms with Crippen LogP contribution in [0.3, 0.4) is 0 Å². The topological polar surface area (TPSA) is 61.7 Å². The largest absolute Gasteiger partial charge is 0.508 e. The van der Waals surface area contributed by atoms with Gasteiger partial charge in [0.2, 0.25) is 0 Å². The van der Waals surface area contributed by atoms with Gasteiger partial charge in [0.15, 0.2) is 0 Å². The monoisotopic (exact) mass is 307 g/mol. The fourth-order valence-electron chi connectivity index (χ4n) is 2.11. The predicted molar refractivity (Wildman–Crippen MR) is 84.4 cm³/mol. The van der Waals surface area contributed by atoms with Crippen molar-refractivity contribution in [3.63, 3.8) is 0 Å². The molecule has 3 N–H and O–H groups in total. The van der Waals surface area contributed by atoms with Gasteiger partial charge in [-0.05, 0) is 44.2 Å². The third-order valence-corrected chi connectivity index (χ3v) is 3.33. The normalized spacial score (nSPS) is 12.0. The first-order valence-corrected chi connectivity index (χ1v) is 7.09. The van der Waals surface area contributed by atoms with Crippen LogP contribution in [0.1, 0.15) is 25.5 Å². The Labute approximate surface area is 129 Å². The van der Waals surface area contributed by atoms with Crippen LogP contribution in [0, 0.1) is 0 Å². The van der Waals surface area contributed by atoms with Crippen molar-refractivity contribution in [3.8, 4) is 17.2 Å². The lowest BCUT2D eigenvalue weighted by Gasteiger charge is -2.19. The summed E-state index contributed by atoms with van der Waals surface area (Å²) in [5.41, 5.74) is 1.43. The van der Waals surface area contributed by atoms with Crippen LogP contribution in [0.15, 0.2) is 36.4 Å². The Bertz CT molecular complexity index is 631. The number of hydrogen-bond donors (Lipinski definition) is 3. The molecule has 0 aromatic heterocycles. The maximum atomic E-state index is 9.91. The van der Waals surface area contributed by atoms with Gasteiger partial charge in [-0.15, -0.1) is 0 Å². The quantitative estimate of drug-likeness (QED) is 0.769. The second kappa shape index (κ2) is 6.59. The van der Waals surface area contributed by atoms with Gasteiger partial charge in [-0.3, -0.25) is 0 Å². The molecule has 0 spiro atoms. The summed E-state index contributed by atoms with van der Waals surface area (Å²) in [7, 11) is 0. The van der Waals surface area contributed by atoms with E-state index in [0.717, 1.165) is 5.69 Å². The van der Waals surface area contributed by atoms with Crippen molar-refractivity contribution in [1.82, 2.24) is 0 Å². The minimum Gasteiger partial charge on any atom is -0.508 e. The van der Waals surface area contributed by atoms with Gasteiger partial charge in [-0.25, -0.2) is 0 Å². The van der Waals surface area contributed by atoms with Crippen LogP contribution < -0.4 is 10.1 Å². The highest BCUT2D eigenvalue weighted by Gasteiger charge is 2.13. The molecule has 0 bridgehead atoms. The Kier molecular flexibility index (Phi) is 4.81. The van der Waals surface area contributed by atoms with E-state index in [1.54, 1.807) is 24.3 Å². The van der Waals surface area contributed by atoms with Crippen molar-refractivity contribution in [2.75, 3.05) is 11.9 Å². The first-order chi connectivity index (χ1) is 10.0. The summed E-state index contributed by atoms with van der Waals surface area (Å²) < 4.78 is 5.55. The molecule has 0 aliphatic carbocycles. The second-order valence-corrected chi connectivity index (χ2v) is 5.12. The molecule has 0 fully saturated rings. The average molecular weight is 308 g/mol. The highest BCUT2D eigenvalue weighted by Crippen LogP contribution is 2.34. The van der Waals surface area contributed by atoms with Gasteiger partial charge in [0.1, 0.15) is 17.2 Å². The van der Waals surface area contributed by atoms with E-state index in [9.17, 15) is 10.2 Å². The number of nitrogens with one attached hydrogen (secondary N) is 1. The van der Waals surface area contributed by atoms with E-state index in [2.05, 4.69) is 5.32 Å². The molecule has 0 saturated carbocycles. The van der Waals surface area contributed by atoms with E-state index in [0.29, 0.717) is 22.9 Å². The maximum absolute atomic E-state index is 9.91. The lowest BCUT2D eigenvalue weighted by atomic mass is 10.1. The molecule has 2 aromatic carbocycles. The Balaban J connectivity index is 2.26. The summed E-state index contributed by atoms with van der Waals surface area (Å²) in [6.07, 6.45) is 0. The molecule has 4 nitrogen and oxygen atoms in total. The smallest absolute Gasteiger partial charge is 0.142 e. The number of hydrogen-bond acceptors (Lipinski definition) is 4. The standard InChI is InChI=1S/C16H18ClNO3/c1-3-21-16-7-4-11(17)8-14(16)18-10(2)13-6-5-12(19)9-15(13)20/h4-10,18-20H,3H2,1-2H3. The molecule has 2 aromatic rings. The second-order valence-electron chi connectivity index (χ2n) is 4.68. The van der Waals surface area contributed by atoms with Crippen LogP contribution in [-0.4, -0.2) is 16.8 Å². The number of phenolic OH excluding ortho intramolecular Hbond substituents is 2. The molecular weight excluding hydrogens is 290 g/mol. The summed E-state index contributed by atoms with van der Waals surface area (Å²) in [4.78, 5) is 0. The van der Waals surface area contributed by atoms with Gasteiger partial charge >= 0.3 is 0 Å². The van der Waals surface area contributed by atoms with Crippen molar-refractivity contribution in [2.24, 2.45) is 0 Å². The van der Waals surface area contributed by atoms with Gasteiger partial charge in [0.05, 0.1) is 18.3 Å². The van der Waals surface area contributed by atoms with Gasteiger partial charge in [0, 0.05) is 16.7 Å². The first kappa shape index (κ1) is 15.3. The number of rotatable bonds is 5. The minimum atomic E-state index is -0.178. The molecule has 1 atom stereocenters. The van der Waals surface area contributed by atoms with E-state index < -0.39 is 0 Å². The lowest BCUT2D eigenvalue weighted by molar-refractivity contribution is 0.341. The van der Waals surface area contributed by atoms with Crippen LogP contribution in [0.5, 0.6) is 17.2 Å². The number of benzene rings is 2. The Hall–Kier alpha value is -2.07. The number of anilines is 1. The number of ether oxygens (including phenoxy) is 1. The molecule has 0 heterocycles. The van der Waals surface area contributed by atoms with Gasteiger partial charge in [0.25, 0.3) is 0 Å². The van der Waals surface area contributed by atoms with E-state index in [-0.39, 0.29) is 17.5 Å². The van der Waals surface area contributed by atoms with Crippen LogP contribution in [0.4, 0.5) is 5.69 Å². The van der Waals surface area contributed by atoms with Crippen molar-refractivity contribution in [1.29, 1.82) is 0 Å². The summed E-state index contributed by atoms with van der Waals surface area (Å²) in [6.45, 7) is 4.37. The van der Waals surface area contributed by atoms with Gasteiger partial charge in [-0.2, -0.15) is 0 Å².